The van der Waals surface area contributed by atoms with Gasteiger partial charge in [-0.2, -0.15) is 0 Å². The molecule has 0 bridgehead atoms. The lowest BCUT2D eigenvalue weighted by Gasteiger charge is -2.42. The normalized spacial score (nSPS) is 14.5. The predicted molar refractivity (Wildman–Crippen MR) is 100 cm³/mol. The molecule has 3 aromatic carbocycles. The highest BCUT2D eigenvalue weighted by Crippen LogP contribution is 2.41. The molecule has 4 rings (SSSR count). The first kappa shape index (κ1) is 15.4. The van der Waals surface area contributed by atoms with Crippen molar-refractivity contribution >= 4 is 5.84 Å². The van der Waals surface area contributed by atoms with Crippen LogP contribution in [0.5, 0.6) is 0 Å². The van der Waals surface area contributed by atoms with E-state index in [0.717, 1.165) is 22.5 Å². The zero-order valence-corrected chi connectivity index (χ0v) is 14.1. The number of hydrazine groups is 2. The van der Waals surface area contributed by atoms with Crippen molar-refractivity contribution in [2.45, 2.75) is 12.5 Å². The number of hydrazone groups is 1. The Labute approximate surface area is 147 Å². The van der Waals surface area contributed by atoms with E-state index in [4.69, 9.17) is 0 Å². The van der Waals surface area contributed by atoms with Crippen molar-refractivity contribution < 1.29 is 0 Å². The first-order valence-corrected chi connectivity index (χ1v) is 8.35. The van der Waals surface area contributed by atoms with E-state index in [1.807, 2.05) is 30.2 Å². The van der Waals surface area contributed by atoms with E-state index in [9.17, 15) is 0 Å². The Balaban J connectivity index is 2.02. The van der Waals surface area contributed by atoms with Crippen LogP contribution in [0.2, 0.25) is 0 Å². The highest BCUT2D eigenvalue weighted by molar-refractivity contribution is 5.80. The molecule has 0 atom stereocenters. The molecule has 124 valence electrons. The monoisotopic (exact) mass is 328 g/mol. The number of nitrogens with zero attached hydrogens (tertiary/aromatic N) is 2. The first-order chi connectivity index (χ1) is 12.3. The van der Waals surface area contributed by atoms with Crippen molar-refractivity contribution in [2.75, 3.05) is 0 Å². The van der Waals surface area contributed by atoms with Crippen LogP contribution in [0.15, 0.2) is 96.1 Å². The maximum absolute atomic E-state index is 4.34. The summed E-state index contributed by atoms with van der Waals surface area (Å²) in [6, 6.07) is 31.4. The van der Waals surface area contributed by atoms with Crippen LogP contribution in [0.25, 0.3) is 0 Å². The third kappa shape index (κ3) is 2.57. The van der Waals surface area contributed by atoms with Crippen molar-refractivity contribution in [3.05, 3.63) is 108 Å². The first-order valence-electron chi connectivity index (χ1n) is 8.35. The zero-order chi connectivity index (χ0) is 17.1. The molecule has 0 aliphatic carbocycles. The number of rotatable bonds is 4. The lowest BCUT2D eigenvalue weighted by atomic mass is 9.77. The van der Waals surface area contributed by atoms with Gasteiger partial charge in [-0.05, 0) is 23.6 Å². The average molecular weight is 328 g/mol. The summed E-state index contributed by atoms with van der Waals surface area (Å²) in [7, 11) is 0. The Morgan fingerprint density at radius 3 is 1.40 bits per heavy atom. The van der Waals surface area contributed by atoms with Gasteiger partial charge >= 0.3 is 0 Å². The number of benzene rings is 3. The summed E-state index contributed by atoms with van der Waals surface area (Å²) in [5.74, 6) is 0.826. The Kier molecular flexibility index (Phi) is 3.96. The summed E-state index contributed by atoms with van der Waals surface area (Å²) < 4.78 is 0. The summed E-state index contributed by atoms with van der Waals surface area (Å²) in [6.45, 7) is 1.94. The molecule has 1 aliphatic heterocycles. The predicted octanol–water partition coefficient (Wildman–Crippen LogP) is 3.64. The van der Waals surface area contributed by atoms with Crippen molar-refractivity contribution in [3.8, 4) is 0 Å². The quantitative estimate of drug-likeness (QED) is 0.718. The van der Waals surface area contributed by atoms with Gasteiger partial charge in [-0.15, -0.1) is 5.10 Å². The molecule has 0 aromatic heterocycles. The second-order valence-corrected chi connectivity index (χ2v) is 6.05. The molecule has 0 unspecified atom stereocenters. The molecule has 0 radical (unpaired) electrons. The Morgan fingerprint density at radius 1 is 0.680 bits per heavy atom. The summed E-state index contributed by atoms with van der Waals surface area (Å²) >= 11 is 0. The van der Waals surface area contributed by atoms with Crippen LogP contribution >= 0.6 is 0 Å². The second-order valence-electron chi connectivity index (χ2n) is 6.05. The van der Waals surface area contributed by atoms with Gasteiger partial charge in [0, 0.05) is 0 Å². The van der Waals surface area contributed by atoms with Gasteiger partial charge in [0.15, 0.2) is 0 Å². The lowest BCUT2D eigenvalue weighted by molar-refractivity contribution is 0.0759. The molecule has 0 amide bonds. The van der Waals surface area contributed by atoms with Crippen LogP contribution in [0.1, 0.15) is 23.6 Å². The molecule has 1 heterocycles. The molecule has 1 aliphatic rings. The van der Waals surface area contributed by atoms with E-state index in [2.05, 4.69) is 88.9 Å². The Hall–Kier alpha value is -3.11. The third-order valence-electron chi connectivity index (χ3n) is 4.50. The van der Waals surface area contributed by atoms with E-state index >= 15 is 0 Å². The summed E-state index contributed by atoms with van der Waals surface area (Å²) in [4.78, 5) is 0. The second kappa shape index (κ2) is 6.42. The minimum absolute atomic E-state index is 0.564. The average Bonchev–Trinajstić information content (AvgIpc) is 3.12. The molecule has 25 heavy (non-hydrogen) atoms. The topological polar surface area (TPSA) is 39.7 Å². The molecular weight excluding hydrogens is 308 g/mol. The van der Waals surface area contributed by atoms with Crippen molar-refractivity contribution in [2.24, 2.45) is 5.10 Å². The van der Waals surface area contributed by atoms with E-state index < -0.39 is 5.54 Å². The molecule has 0 saturated heterocycles. The van der Waals surface area contributed by atoms with Gasteiger partial charge < -0.3 is 0 Å². The Morgan fingerprint density at radius 2 is 1.08 bits per heavy atom. The summed E-state index contributed by atoms with van der Waals surface area (Å²) in [6.07, 6.45) is 0. The standard InChI is InChI=1S/C21H20N4/c1-17-22-24-25(23-17)21(18-11-5-2-6-12-18,19-13-7-3-8-14-19)20-15-9-4-10-16-20/h2-16,24H,1H3,(H,22,23). The smallest absolute Gasteiger partial charge is 0.137 e. The van der Waals surface area contributed by atoms with Crippen LogP contribution in [0.3, 0.4) is 0 Å². The molecule has 3 aromatic rings. The fourth-order valence-electron chi connectivity index (χ4n) is 3.42. The van der Waals surface area contributed by atoms with Gasteiger partial charge in [0.2, 0.25) is 0 Å². The maximum atomic E-state index is 4.34. The van der Waals surface area contributed by atoms with E-state index in [1.54, 1.807) is 0 Å². The van der Waals surface area contributed by atoms with Gasteiger partial charge in [-0.3, -0.25) is 5.43 Å². The number of hydrogen-bond acceptors (Lipinski definition) is 4. The van der Waals surface area contributed by atoms with E-state index in [0.29, 0.717) is 0 Å². The van der Waals surface area contributed by atoms with Crippen molar-refractivity contribution in [1.82, 2.24) is 16.1 Å². The molecule has 0 saturated carbocycles. The summed E-state index contributed by atoms with van der Waals surface area (Å²) in [5.41, 5.74) is 9.40. The highest BCUT2D eigenvalue weighted by Gasteiger charge is 2.44. The maximum Gasteiger partial charge on any atom is 0.137 e. The molecule has 0 fully saturated rings. The minimum atomic E-state index is -0.564. The third-order valence-corrected chi connectivity index (χ3v) is 4.50. The SMILES string of the molecule is CC1=NNN(C(c2ccccc2)(c2ccccc2)c2ccccc2)N1. The van der Waals surface area contributed by atoms with Crippen LogP contribution in [-0.4, -0.2) is 11.0 Å². The number of amidine groups is 1. The number of hydrogen-bond donors (Lipinski definition) is 2. The minimum Gasteiger partial charge on any atom is -0.285 e. The number of nitrogens with one attached hydrogen (secondary N) is 2. The van der Waals surface area contributed by atoms with Gasteiger partial charge in [0.25, 0.3) is 0 Å². The van der Waals surface area contributed by atoms with Gasteiger partial charge in [-0.25, -0.2) is 5.53 Å². The summed E-state index contributed by atoms with van der Waals surface area (Å²) in [5, 5.41) is 6.32. The van der Waals surface area contributed by atoms with Crippen LogP contribution in [0.4, 0.5) is 0 Å². The van der Waals surface area contributed by atoms with Crippen molar-refractivity contribution in [3.63, 3.8) is 0 Å². The lowest BCUT2D eigenvalue weighted by Crippen LogP contribution is -2.57. The van der Waals surface area contributed by atoms with Crippen LogP contribution < -0.4 is 11.0 Å². The molecule has 2 N–H and O–H groups in total. The van der Waals surface area contributed by atoms with Gasteiger partial charge in [-0.1, -0.05) is 96.1 Å². The largest absolute Gasteiger partial charge is 0.285 e. The highest BCUT2D eigenvalue weighted by atomic mass is 15.9. The fourth-order valence-corrected chi connectivity index (χ4v) is 3.42. The van der Waals surface area contributed by atoms with E-state index in [-0.39, 0.29) is 0 Å². The fraction of sp³-hybridized carbons (Fsp3) is 0.0952. The molecular formula is C21H20N4. The Bertz CT molecular complexity index is 764. The van der Waals surface area contributed by atoms with Crippen molar-refractivity contribution in [1.29, 1.82) is 0 Å². The van der Waals surface area contributed by atoms with Crippen LogP contribution in [0, 0.1) is 0 Å². The molecule has 4 nitrogen and oxygen atoms in total. The molecule has 4 heteroatoms. The van der Waals surface area contributed by atoms with Gasteiger partial charge in [0.1, 0.15) is 11.4 Å². The van der Waals surface area contributed by atoms with Gasteiger partial charge in [0.05, 0.1) is 0 Å². The van der Waals surface area contributed by atoms with Crippen LogP contribution in [-0.2, 0) is 5.54 Å². The van der Waals surface area contributed by atoms with E-state index in [1.165, 1.54) is 0 Å². The molecule has 0 spiro atoms. The zero-order valence-electron chi connectivity index (χ0n) is 14.1.